The highest BCUT2D eigenvalue weighted by atomic mass is 79.9. The van der Waals surface area contributed by atoms with Crippen molar-refractivity contribution in [2.24, 2.45) is 0 Å². The molecule has 0 saturated carbocycles. The van der Waals surface area contributed by atoms with E-state index in [9.17, 15) is 4.79 Å². The molecule has 1 aliphatic heterocycles. The van der Waals surface area contributed by atoms with E-state index >= 15 is 0 Å². The molecule has 26 heavy (non-hydrogen) atoms. The molecule has 1 aromatic heterocycles. The molecule has 1 N–H and O–H groups in total. The summed E-state index contributed by atoms with van der Waals surface area (Å²) in [5.41, 5.74) is 3.22. The summed E-state index contributed by atoms with van der Waals surface area (Å²) in [6.07, 6.45) is 2.18. The van der Waals surface area contributed by atoms with Crippen molar-refractivity contribution < 1.29 is 9.53 Å². The van der Waals surface area contributed by atoms with Crippen molar-refractivity contribution in [3.05, 3.63) is 64.6 Å². The number of rotatable bonds is 4. The van der Waals surface area contributed by atoms with E-state index in [-0.39, 0.29) is 12.0 Å². The second kappa shape index (κ2) is 7.56. The Labute approximate surface area is 160 Å². The van der Waals surface area contributed by atoms with E-state index in [1.54, 1.807) is 0 Å². The smallest absolute Gasteiger partial charge is 0.252 e. The van der Waals surface area contributed by atoms with Crippen molar-refractivity contribution >= 4 is 32.7 Å². The molecule has 0 unspecified atom stereocenters. The van der Waals surface area contributed by atoms with Gasteiger partial charge in [-0.3, -0.25) is 4.79 Å². The molecule has 1 saturated heterocycles. The number of carbonyl (C=O) groups is 1. The normalized spacial score (nSPS) is 16.7. The summed E-state index contributed by atoms with van der Waals surface area (Å²) in [6.45, 7) is 1.32. The number of hydrogen-bond donors (Lipinski definition) is 1. The van der Waals surface area contributed by atoms with Crippen LogP contribution in [0.1, 0.15) is 23.2 Å². The van der Waals surface area contributed by atoms with Crippen molar-refractivity contribution in [2.45, 2.75) is 18.9 Å². The molecule has 2 aromatic carbocycles. The van der Waals surface area contributed by atoms with Crippen molar-refractivity contribution in [3.8, 4) is 11.3 Å². The quantitative estimate of drug-likeness (QED) is 0.684. The van der Waals surface area contributed by atoms with Crippen LogP contribution in [0.15, 0.2) is 59.1 Å². The van der Waals surface area contributed by atoms with Gasteiger partial charge in [0.05, 0.1) is 22.9 Å². The molecule has 1 atom stereocenters. The van der Waals surface area contributed by atoms with Crippen LogP contribution in [-0.2, 0) is 4.74 Å². The van der Waals surface area contributed by atoms with Crippen LogP contribution in [0.5, 0.6) is 0 Å². The molecule has 0 radical (unpaired) electrons. The Bertz CT molecular complexity index is 937. The topological polar surface area (TPSA) is 51.2 Å². The minimum Gasteiger partial charge on any atom is -0.376 e. The lowest BCUT2D eigenvalue weighted by Gasteiger charge is -2.13. The Morgan fingerprint density at radius 3 is 2.81 bits per heavy atom. The number of halogens is 1. The predicted molar refractivity (Wildman–Crippen MR) is 106 cm³/mol. The molecule has 0 spiro atoms. The number of ether oxygens (including phenoxy) is 1. The van der Waals surface area contributed by atoms with E-state index in [1.807, 2.05) is 54.6 Å². The van der Waals surface area contributed by atoms with Crippen LogP contribution < -0.4 is 5.32 Å². The minimum atomic E-state index is -0.0943. The summed E-state index contributed by atoms with van der Waals surface area (Å²) in [7, 11) is 0. The Hall–Kier alpha value is -2.24. The molecule has 3 aromatic rings. The van der Waals surface area contributed by atoms with Crippen molar-refractivity contribution in [1.82, 2.24) is 10.3 Å². The summed E-state index contributed by atoms with van der Waals surface area (Å²) in [6, 6.07) is 17.6. The van der Waals surface area contributed by atoms with Gasteiger partial charge in [0.2, 0.25) is 0 Å². The highest BCUT2D eigenvalue weighted by Crippen LogP contribution is 2.27. The number of hydrogen-bond acceptors (Lipinski definition) is 3. The predicted octanol–water partition coefficient (Wildman–Crippen LogP) is 4.57. The first-order chi connectivity index (χ1) is 12.7. The van der Waals surface area contributed by atoms with Crippen LogP contribution in [0.25, 0.3) is 22.2 Å². The molecule has 4 nitrogen and oxygen atoms in total. The van der Waals surface area contributed by atoms with Gasteiger partial charge < -0.3 is 10.1 Å². The van der Waals surface area contributed by atoms with Gasteiger partial charge in [0, 0.05) is 28.6 Å². The third-order valence-corrected chi connectivity index (χ3v) is 5.09. The molecular weight excluding hydrogens is 392 g/mol. The van der Waals surface area contributed by atoms with E-state index < -0.39 is 0 Å². The maximum absolute atomic E-state index is 12.9. The maximum Gasteiger partial charge on any atom is 0.252 e. The number of aromatic nitrogens is 1. The number of nitrogens with one attached hydrogen (secondary N) is 1. The molecule has 0 aliphatic carbocycles. The zero-order valence-corrected chi connectivity index (χ0v) is 15.8. The second-order valence-corrected chi connectivity index (χ2v) is 7.34. The number of carbonyl (C=O) groups excluding carboxylic acids is 1. The Kier molecular flexibility index (Phi) is 5.00. The van der Waals surface area contributed by atoms with Crippen LogP contribution in [0.4, 0.5) is 0 Å². The summed E-state index contributed by atoms with van der Waals surface area (Å²) in [5.74, 6) is -0.0943. The maximum atomic E-state index is 12.9. The molecule has 0 bridgehead atoms. The molecule has 2 heterocycles. The highest BCUT2D eigenvalue weighted by molar-refractivity contribution is 9.10. The number of nitrogens with zero attached hydrogens (tertiary/aromatic N) is 1. The summed E-state index contributed by atoms with van der Waals surface area (Å²) < 4.78 is 6.53. The van der Waals surface area contributed by atoms with Crippen LogP contribution in [0.3, 0.4) is 0 Å². The number of amides is 1. The van der Waals surface area contributed by atoms with E-state index in [4.69, 9.17) is 9.72 Å². The molecule has 5 heteroatoms. The zero-order chi connectivity index (χ0) is 17.9. The van der Waals surface area contributed by atoms with Crippen LogP contribution in [0, 0.1) is 0 Å². The number of pyridine rings is 1. The lowest BCUT2D eigenvalue weighted by Crippen LogP contribution is -2.32. The third kappa shape index (κ3) is 3.64. The Morgan fingerprint density at radius 2 is 2.04 bits per heavy atom. The van der Waals surface area contributed by atoms with E-state index in [2.05, 4.69) is 21.2 Å². The average molecular weight is 411 g/mol. The first-order valence-corrected chi connectivity index (χ1v) is 9.55. The van der Waals surface area contributed by atoms with Crippen LogP contribution in [0.2, 0.25) is 0 Å². The fourth-order valence-electron chi connectivity index (χ4n) is 3.25. The van der Waals surface area contributed by atoms with Gasteiger partial charge in [-0.05, 0) is 37.1 Å². The van der Waals surface area contributed by atoms with Gasteiger partial charge in [0.25, 0.3) is 5.91 Å². The molecule has 4 rings (SSSR count). The Balaban J connectivity index is 1.72. The van der Waals surface area contributed by atoms with Gasteiger partial charge in [-0.1, -0.05) is 46.3 Å². The molecule has 1 fully saturated rings. The SMILES string of the molecule is O=C(NC[C@@H]1CCCO1)c1cc(-c2ccccc2)nc2ccc(Br)cc12. The van der Waals surface area contributed by atoms with Gasteiger partial charge >= 0.3 is 0 Å². The van der Waals surface area contributed by atoms with Gasteiger partial charge in [0.15, 0.2) is 0 Å². The monoisotopic (exact) mass is 410 g/mol. The fourth-order valence-corrected chi connectivity index (χ4v) is 3.61. The lowest BCUT2D eigenvalue weighted by atomic mass is 10.0. The molecule has 132 valence electrons. The second-order valence-electron chi connectivity index (χ2n) is 6.43. The first kappa shape index (κ1) is 17.2. The minimum absolute atomic E-state index is 0.0943. The standard InChI is InChI=1S/C21H19BrN2O2/c22-15-8-9-19-17(11-15)18(21(25)23-13-16-7-4-10-26-16)12-20(24-19)14-5-2-1-3-6-14/h1-3,5-6,8-9,11-12,16H,4,7,10,13H2,(H,23,25)/t16-/m0/s1. The molecular formula is C21H19BrN2O2. The van der Waals surface area contributed by atoms with Crippen LogP contribution in [-0.4, -0.2) is 30.1 Å². The average Bonchev–Trinajstić information content (AvgIpc) is 3.19. The summed E-state index contributed by atoms with van der Waals surface area (Å²) in [5, 5.41) is 3.86. The van der Waals surface area contributed by atoms with Crippen LogP contribution >= 0.6 is 15.9 Å². The summed E-state index contributed by atoms with van der Waals surface area (Å²) >= 11 is 3.49. The van der Waals surface area contributed by atoms with Crippen molar-refractivity contribution in [2.75, 3.05) is 13.2 Å². The zero-order valence-electron chi connectivity index (χ0n) is 14.2. The first-order valence-electron chi connectivity index (χ1n) is 8.76. The largest absolute Gasteiger partial charge is 0.376 e. The summed E-state index contributed by atoms with van der Waals surface area (Å²) in [4.78, 5) is 17.6. The lowest BCUT2D eigenvalue weighted by molar-refractivity contribution is 0.0859. The molecule has 1 aliphatic rings. The third-order valence-electron chi connectivity index (χ3n) is 4.60. The van der Waals surface area contributed by atoms with Crippen molar-refractivity contribution in [1.29, 1.82) is 0 Å². The van der Waals surface area contributed by atoms with Crippen molar-refractivity contribution in [3.63, 3.8) is 0 Å². The Morgan fingerprint density at radius 1 is 1.19 bits per heavy atom. The van der Waals surface area contributed by atoms with Gasteiger partial charge in [-0.15, -0.1) is 0 Å². The van der Waals surface area contributed by atoms with Gasteiger partial charge in [-0.25, -0.2) is 4.98 Å². The van der Waals surface area contributed by atoms with Gasteiger partial charge in [0.1, 0.15) is 0 Å². The highest BCUT2D eigenvalue weighted by Gasteiger charge is 2.19. The number of benzene rings is 2. The van der Waals surface area contributed by atoms with Gasteiger partial charge in [-0.2, -0.15) is 0 Å². The van der Waals surface area contributed by atoms with E-state index in [0.717, 1.165) is 46.1 Å². The van der Waals surface area contributed by atoms with E-state index in [0.29, 0.717) is 12.1 Å². The number of fused-ring (bicyclic) bond motifs is 1. The molecule has 1 amide bonds. The fraction of sp³-hybridized carbons (Fsp3) is 0.238. The van der Waals surface area contributed by atoms with E-state index in [1.165, 1.54) is 0 Å².